The molecule has 0 aromatic heterocycles. The number of hydrogen-bond donors (Lipinski definition) is 2. The van der Waals surface area contributed by atoms with Crippen molar-refractivity contribution in [2.45, 2.75) is 76.7 Å². The van der Waals surface area contributed by atoms with E-state index in [4.69, 9.17) is 0 Å². The molecule has 2 N–H and O–H groups in total. The Labute approximate surface area is 141 Å². The van der Waals surface area contributed by atoms with E-state index in [2.05, 4.69) is 0 Å². The molecule has 4 saturated carbocycles. The van der Waals surface area contributed by atoms with E-state index in [1.165, 1.54) is 0 Å². The van der Waals surface area contributed by atoms with Crippen LogP contribution >= 0.6 is 0 Å². The largest absolute Gasteiger partial charge is 0.390 e. The quantitative estimate of drug-likeness (QED) is 0.710. The van der Waals surface area contributed by atoms with Gasteiger partial charge in [0.2, 0.25) is 0 Å². The van der Waals surface area contributed by atoms with Crippen molar-refractivity contribution in [3.8, 4) is 0 Å². The number of carbonyl (C=O) groups excluding carboxylic acids is 2. The lowest BCUT2D eigenvalue weighted by Crippen LogP contribution is -2.70. The van der Waals surface area contributed by atoms with E-state index in [1.807, 2.05) is 13.8 Å². The third-order valence-corrected chi connectivity index (χ3v) is 8.35. The average molecular weight is 338 g/mol. The lowest BCUT2D eigenvalue weighted by molar-refractivity contribution is -0.248. The summed E-state index contributed by atoms with van der Waals surface area (Å²) in [5.74, 6) is -0.883. The minimum absolute atomic E-state index is 0.0362. The van der Waals surface area contributed by atoms with Crippen LogP contribution in [0.4, 0.5) is 4.39 Å². The molecule has 0 amide bonds. The standard InChI is InChI=1S/C19H27FO4/c1-17-9-15(23)19(20)11(10(17)5-6-14(17)22)3-4-12-16(24)13(21)7-8-18(12,19)2/h10-12,15-16,23-24H,3-9H2,1-2H3/t10-,11-,12?,15-,16+,17-,18-,19-/m0/s1. The monoisotopic (exact) mass is 338 g/mol. The first kappa shape index (κ1) is 16.6. The van der Waals surface area contributed by atoms with Crippen LogP contribution in [0.1, 0.15) is 58.8 Å². The number of rotatable bonds is 0. The number of fused-ring (bicyclic) bond motifs is 5. The van der Waals surface area contributed by atoms with E-state index in [0.29, 0.717) is 32.1 Å². The highest BCUT2D eigenvalue weighted by atomic mass is 19.1. The van der Waals surface area contributed by atoms with Crippen LogP contribution in [-0.4, -0.2) is 39.7 Å². The molecule has 4 fully saturated rings. The summed E-state index contributed by atoms with van der Waals surface area (Å²) in [4.78, 5) is 24.3. The van der Waals surface area contributed by atoms with Gasteiger partial charge >= 0.3 is 0 Å². The summed E-state index contributed by atoms with van der Waals surface area (Å²) >= 11 is 0. The van der Waals surface area contributed by atoms with Crippen molar-refractivity contribution in [1.82, 2.24) is 0 Å². The molecule has 1 unspecified atom stereocenters. The third kappa shape index (κ3) is 1.70. The second kappa shape index (κ2) is 4.88. The Balaban J connectivity index is 1.79. The van der Waals surface area contributed by atoms with Gasteiger partial charge in [0.05, 0.1) is 6.10 Å². The summed E-state index contributed by atoms with van der Waals surface area (Å²) in [7, 11) is 0. The summed E-state index contributed by atoms with van der Waals surface area (Å²) in [6.45, 7) is 3.70. The molecule has 0 aromatic rings. The van der Waals surface area contributed by atoms with Crippen LogP contribution in [0.2, 0.25) is 0 Å². The molecule has 0 heterocycles. The van der Waals surface area contributed by atoms with Gasteiger partial charge in [-0.25, -0.2) is 4.39 Å². The van der Waals surface area contributed by atoms with Gasteiger partial charge in [0, 0.05) is 29.6 Å². The molecule has 4 rings (SSSR count). The Kier molecular flexibility index (Phi) is 3.38. The molecule has 0 spiro atoms. The smallest absolute Gasteiger partial charge is 0.161 e. The van der Waals surface area contributed by atoms with Gasteiger partial charge in [0.15, 0.2) is 5.78 Å². The lowest BCUT2D eigenvalue weighted by atomic mass is 9.42. The molecular weight excluding hydrogens is 311 g/mol. The van der Waals surface area contributed by atoms with E-state index in [-0.39, 0.29) is 36.2 Å². The first-order valence-electron chi connectivity index (χ1n) is 9.27. The molecule has 0 radical (unpaired) electrons. The first-order chi connectivity index (χ1) is 11.2. The summed E-state index contributed by atoms with van der Waals surface area (Å²) in [5, 5.41) is 21.2. The van der Waals surface area contributed by atoms with E-state index >= 15 is 4.39 Å². The number of ketones is 2. The van der Waals surface area contributed by atoms with Crippen LogP contribution in [0.3, 0.4) is 0 Å². The Morgan fingerprint density at radius 1 is 1.00 bits per heavy atom. The third-order valence-electron chi connectivity index (χ3n) is 8.35. The number of hydrogen-bond acceptors (Lipinski definition) is 4. The number of alkyl halides is 1. The predicted molar refractivity (Wildman–Crippen MR) is 84.9 cm³/mol. The molecule has 24 heavy (non-hydrogen) atoms. The number of Topliss-reactive ketones (excluding diaryl/α,β-unsaturated/α-hetero) is 2. The van der Waals surface area contributed by atoms with E-state index in [9.17, 15) is 19.8 Å². The van der Waals surface area contributed by atoms with Crippen LogP contribution in [0.5, 0.6) is 0 Å². The van der Waals surface area contributed by atoms with Crippen molar-refractivity contribution < 1.29 is 24.2 Å². The minimum Gasteiger partial charge on any atom is -0.390 e. The van der Waals surface area contributed by atoms with Gasteiger partial charge in [-0.2, -0.15) is 0 Å². The number of aliphatic hydroxyl groups is 2. The molecule has 0 bridgehead atoms. The van der Waals surface area contributed by atoms with Crippen molar-refractivity contribution >= 4 is 11.6 Å². The van der Waals surface area contributed by atoms with Crippen molar-refractivity contribution in [3.05, 3.63) is 0 Å². The average Bonchev–Trinajstić information content (AvgIpc) is 2.81. The Hall–Kier alpha value is -0.810. The maximum absolute atomic E-state index is 16.6. The first-order valence-corrected chi connectivity index (χ1v) is 9.27. The van der Waals surface area contributed by atoms with Crippen LogP contribution in [0.15, 0.2) is 0 Å². The maximum Gasteiger partial charge on any atom is 0.161 e. The zero-order valence-electron chi connectivity index (χ0n) is 14.4. The number of carbonyl (C=O) groups is 2. The van der Waals surface area contributed by atoms with Crippen LogP contribution < -0.4 is 0 Å². The maximum atomic E-state index is 16.6. The van der Waals surface area contributed by atoms with Crippen molar-refractivity contribution in [2.24, 2.45) is 28.6 Å². The van der Waals surface area contributed by atoms with E-state index in [1.54, 1.807) is 0 Å². The van der Waals surface area contributed by atoms with E-state index < -0.39 is 34.6 Å². The summed E-state index contributed by atoms with van der Waals surface area (Å²) in [6, 6.07) is 0. The molecule has 8 atom stereocenters. The molecule has 0 aromatic carbocycles. The molecule has 134 valence electrons. The van der Waals surface area contributed by atoms with Gasteiger partial charge in [-0.15, -0.1) is 0 Å². The van der Waals surface area contributed by atoms with Gasteiger partial charge in [-0.05, 0) is 43.9 Å². The molecule has 0 aliphatic heterocycles. The summed E-state index contributed by atoms with van der Waals surface area (Å²) < 4.78 is 16.6. The molecule has 4 aliphatic carbocycles. The van der Waals surface area contributed by atoms with Crippen molar-refractivity contribution in [2.75, 3.05) is 0 Å². The molecule has 5 heteroatoms. The Morgan fingerprint density at radius 3 is 2.38 bits per heavy atom. The fraction of sp³-hybridized carbons (Fsp3) is 0.895. The van der Waals surface area contributed by atoms with Gasteiger partial charge < -0.3 is 10.2 Å². The Morgan fingerprint density at radius 2 is 1.67 bits per heavy atom. The summed E-state index contributed by atoms with van der Waals surface area (Å²) in [5.41, 5.74) is -3.35. The summed E-state index contributed by atoms with van der Waals surface area (Å²) in [6.07, 6.45) is 0.661. The Bertz CT molecular complexity index is 606. The topological polar surface area (TPSA) is 74.6 Å². The number of halogens is 1. The number of aliphatic hydroxyl groups excluding tert-OH is 2. The van der Waals surface area contributed by atoms with Crippen molar-refractivity contribution in [1.29, 1.82) is 0 Å². The van der Waals surface area contributed by atoms with Crippen LogP contribution in [0.25, 0.3) is 0 Å². The second-order valence-corrected chi connectivity index (χ2v) is 9.09. The van der Waals surface area contributed by atoms with Crippen LogP contribution in [-0.2, 0) is 9.59 Å². The molecule has 0 saturated heterocycles. The zero-order valence-corrected chi connectivity index (χ0v) is 14.4. The fourth-order valence-electron chi connectivity index (χ4n) is 6.91. The highest BCUT2D eigenvalue weighted by Crippen LogP contribution is 2.68. The SMILES string of the molecule is C[C@]12CCC(=O)[C@H](O)C1CC[C@H]1[C@@H]3CCC(=O)[C@@]3(C)C[C@H](O)[C@@]12F. The normalized spacial score (nSPS) is 57.3. The lowest BCUT2D eigenvalue weighted by Gasteiger charge is -2.64. The van der Waals surface area contributed by atoms with Crippen molar-refractivity contribution in [3.63, 3.8) is 0 Å². The minimum atomic E-state index is -1.83. The highest BCUT2D eigenvalue weighted by Gasteiger charge is 2.72. The van der Waals surface area contributed by atoms with Gasteiger partial charge in [0.25, 0.3) is 0 Å². The zero-order chi connectivity index (χ0) is 17.5. The second-order valence-electron chi connectivity index (χ2n) is 9.09. The fourth-order valence-corrected chi connectivity index (χ4v) is 6.91. The molecular formula is C19H27FO4. The van der Waals surface area contributed by atoms with Gasteiger partial charge in [0.1, 0.15) is 17.6 Å². The predicted octanol–water partition coefficient (Wildman–Crippen LogP) is 2.20. The van der Waals surface area contributed by atoms with E-state index in [0.717, 1.165) is 0 Å². The van der Waals surface area contributed by atoms with Gasteiger partial charge in [-0.1, -0.05) is 13.8 Å². The highest BCUT2D eigenvalue weighted by molar-refractivity contribution is 5.87. The molecule has 4 nitrogen and oxygen atoms in total. The van der Waals surface area contributed by atoms with Crippen LogP contribution in [0, 0.1) is 28.6 Å². The van der Waals surface area contributed by atoms with Gasteiger partial charge in [-0.3, -0.25) is 9.59 Å². The molecule has 4 aliphatic rings.